The van der Waals surface area contributed by atoms with Gasteiger partial charge < -0.3 is 9.72 Å². The lowest BCUT2D eigenvalue weighted by Gasteiger charge is -2.30. The lowest BCUT2D eigenvalue weighted by atomic mass is 9.98. The van der Waals surface area contributed by atoms with Crippen molar-refractivity contribution in [1.29, 1.82) is 0 Å². The topological polar surface area (TPSA) is 93.1 Å². The maximum absolute atomic E-state index is 12.1. The molecule has 2 aromatic rings. The number of likely N-dealkylation sites (tertiary alicyclic amines) is 1. The summed E-state index contributed by atoms with van der Waals surface area (Å²) in [7, 11) is 1.76. The summed E-state index contributed by atoms with van der Waals surface area (Å²) >= 11 is 0. The van der Waals surface area contributed by atoms with Crippen LogP contribution in [0.3, 0.4) is 0 Å². The number of esters is 1. The smallest absolute Gasteiger partial charge is 0.310 e. The van der Waals surface area contributed by atoms with E-state index in [2.05, 4.69) is 20.0 Å². The van der Waals surface area contributed by atoms with E-state index in [9.17, 15) is 9.59 Å². The molecule has 124 valence electrons. The first-order valence-corrected chi connectivity index (χ1v) is 7.88. The molecule has 1 aliphatic rings. The average molecular weight is 319 g/mol. The molecule has 0 aromatic carbocycles. The van der Waals surface area contributed by atoms with Crippen molar-refractivity contribution in [2.45, 2.75) is 26.3 Å². The van der Waals surface area contributed by atoms with Crippen molar-refractivity contribution < 1.29 is 9.53 Å². The van der Waals surface area contributed by atoms with Gasteiger partial charge in [-0.25, -0.2) is 4.98 Å². The number of hydrogen-bond acceptors (Lipinski definition) is 6. The molecule has 0 radical (unpaired) electrons. The number of carbonyl (C=O) groups excluding carboxylic acids is 1. The van der Waals surface area contributed by atoms with Crippen molar-refractivity contribution in [3.8, 4) is 0 Å². The van der Waals surface area contributed by atoms with Crippen LogP contribution in [0.4, 0.5) is 0 Å². The molecule has 0 bridgehead atoms. The standard InChI is InChI=1S/C15H21N5O3/c1-3-23-15(22)10-5-4-6-20(8-10)9-12-17-13-11(14(21)18-12)7-16-19(13)2/h7,10H,3-6,8-9H2,1-2H3,(H,17,18,21)/t10-/m1/s1. The molecule has 1 N–H and O–H groups in total. The Morgan fingerprint density at radius 1 is 1.52 bits per heavy atom. The Kier molecular flexibility index (Phi) is 4.42. The Bertz CT molecular complexity index is 766. The maximum Gasteiger partial charge on any atom is 0.310 e. The minimum atomic E-state index is -0.183. The second-order valence-corrected chi connectivity index (χ2v) is 5.84. The van der Waals surface area contributed by atoms with Crippen LogP contribution in [0, 0.1) is 5.92 Å². The van der Waals surface area contributed by atoms with Crippen LogP contribution in [0.1, 0.15) is 25.6 Å². The number of H-pyrrole nitrogens is 1. The average Bonchev–Trinajstić information content (AvgIpc) is 2.90. The van der Waals surface area contributed by atoms with Crippen molar-refractivity contribution in [1.82, 2.24) is 24.6 Å². The van der Waals surface area contributed by atoms with Gasteiger partial charge in [-0.05, 0) is 26.3 Å². The predicted octanol–water partition coefficient (Wildman–Crippen LogP) is 0.432. The maximum atomic E-state index is 12.1. The van der Waals surface area contributed by atoms with Crippen LogP contribution in [-0.2, 0) is 23.1 Å². The summed E-state index contributed by atoms with van der Waals surface area (Å²) in [6.45, 7) is 4.24. The normalized spacial score (nSPS) is 19.1. The van der Waals surface area contributed by atoms with Crippen molar-refractivity contribution >= 4 is 17.0 Å². The van der Waals surface area contributed by atoms with Crippen molar-refractivity contribution in [3.05, 3.63) is 22.4 Å². The van der Waals surface area contributed by atoms with Gasteiger partial charge in [-0.15, -0.1) is 0 Å². The Morgan fingerprint density at radius 2 is 2.35 bits per heavy atom. The number of hydrogen-bond donors (Lipinski definition) is 1. The monoisotopic (exact) mass is 319 g/mol. The number of rotatable bonds is 4. The molecular formula is C15H21N5O3. The lowest BCUT2D eigenvalue weighted by molar-refractivity contribution is -0.150. The number of ether oxygens (including phenoxy) is 1. The Hall–Kier alpha value is -2.22. The Balaban J connectivity index is 1.75. The minimum Gasteiger partial charge on any atom is -0.466 e. The third-order valence-electron chi connectivity index (χ3n) is 4.15. The summed E-state index contributed by atoms with van der Waals surface area (Å²) in [6.07, 6.45) is 3.30. The molecule has 0 amide bonds. The van der Waals surface area contributed by atoms with E-state index in [-0.39, 0.29) is 17.4 Å². The first-order chi connectivity index (χ1) is 11.1. The number of aromatic amines is 1. The van der Waals surface area contributed by atoms with Crippen molar-refractivity contribution in [3.63, 3.8) is 0 Å². The Morgan fingerprint density at radius 3 is 3.13 bits per heavy atom. The number of fused-ring (bicyclic) bond motifs is 1. The fourth-order valence-corrected chi connectivity index (χ4v) is 3.02. The summed E-state index contributed by atoms with van der Waals surface area (Å²) in [5.41, 5.74) is 0.389. The molecule has 1 fully saturated rings. The first-order valence-electron chi connectivity index (χ1n) is 7.88. The summed E-state index contributed by atoms with van der Waals surface area (Å²) in [6, 6.07) is 0. The molecular weight excluding hydrogens is 298 g/mol. The van der Waals surface area contributed by atoms with Crippen LogP contribution < -0.4 is 5.56 Å². The summed E-state index contributed by atoms with van der Waals surface area (Å²) in [5, 5.41) is 4.55. The first kappa shape index (κ1) is 15.7. The molecule has 2 aromatic heterocycles. The molecule has 8 heteroatoms. The van der Waals surface area contributed by atoms with E-state index in [1.54, 1.807) is 11.7 Å². The van der Waals surface area contributed by atoms with Crippen molar-refractivity contribution in [2.24, 2.45) is 13.0 Å². The molecule has 3 heterocycles. The van der Waals surface area contributed by atoms with Gasteiger partial charge in [0, 0.05) is 13.6 Å². The van der Waals surface area contributed by atoms with Crippen LogP contribution in [0.2, 0.25) is 0 Å². The van der Waals surface area contributed by atoms with Crippen LogP contribution in [-0.4, -0.2) is 50.3 Å². The number of aryl methyl sites for hydroxylation is 1. The molecule has 3 rings (SSSR count). The van der Waals surface area contributed by atoms with Crippen LogP contribution >= 0.6 is 0 Å². The van der Waals surface area contributed by atoms with Crippen molar-refractivity contribution in [2.75, 3.05) is 19.7 Å². The SMILES string of the molecule is CCOC(=O)[C@@H]1CCCN(Cc2nc3c(cnn3C)c(=O)[nH]2)C1. The zero-order valence-electron chi connectivity index (χ0n) is 13.4. The highest BCUT2D eigenvalue weighted by Crippen LogP contribution is 2.19. The molecule has 23 heavy (non-hydrogen) atoms. The van der Waals surface area contributed by atoms with E-state index in [0.29, 0.717) is 36.6 Å². The quantitative estimate of drug-likeness (QED) is 0.822. The summed E-state index contributed by atoms with van der Waals surface area (Å²) < 4.78 is 6.70. The minimum absolute atomic E-state index is 0.101. The highest BCUT2D eigenvalue weighted by Gasteiger charge is 2.27. The molecule has 1 saturated heterocycles. The van der Waals surface area contributed by atoms with Crippen LogP contribution in [0.15, 0.2) is 11.0 Å². The molecule has 0 saturated carbocycles. The van der Waals surface area contributed by atoms with Gasteiger partial charge >= 0.3 is 5.97 Å². The van der Waals surface area contributed by atoms with Gasteiger partial charge in [0.05, 0.1) is 25.3 Å². The molecule has 0 unspecified atom stereocenters. The van der Waals surface area contributed by atoms with E-state index in [1.807, 2.05) is 6.92 Å². The van der Waals surface area contributed by atoms with E-state index in [1.165, 1.54) is 6.20 Å². The van der Waals surface area contributed by atoms with Gasteiger partial charge in [-0.3, -0.25) is 19.2 Å². The number of nitrogens with zero attached hydrogens (tertiary/aromatic N) is 4. The number of aromatic nitrogens is 4. The number of piperidine rings is 1. The number of carbonyl (C=O) groups is 1. The predicted molar refractivity (Wildman–Crippen MR) is 83.8 cm³/mol. The molecule has 0 aliphatic carbocycles. The largest absolute Gasteiger partial charge is 0.466 e. The summed E-state index contributed by atoms with van der Waals surface area (Å²) in [4.78, 5) is 33.4. The Labute approximate surface area is 133 Å². The molecule has 1 atom stereocenters. The highest BCUT2D eigenvalue weighted by molar-refractivity contribution is 5.73. The van der Waals surface area contributed by atoms with Gasteiger partial charge in [0.2, 0.25) is 0 Å². The summed E-state index contributed by atoms with van der Waals surface area (Å²) in [5.74, 6) is 0.354. The fraction of sp³-hybridized carbons (Fsp3) is 0.600. The fourth-order valence-electron chi connectivity index (χ4n) is 3.02. The molecule has 8 nitrogen and oxygen atoms in total. The zero-order chi connectivity index (χ0) is 16.4. The van der Waals surface area contributed by atoms with Gasteiger partial charge in [0.15, 0.2) is 5.65 Å². The second-order valence-electron chi connectivity index (χ2n) is 5.84. The zero-order valence-corrected chi connectivity index (χ0v) is 13.4. The van der Waals surface area contributed by atoms with E-state index in [0.717, 1.165) is 19.4 Å². The second kappa shape index (κ2) is 6.49. The third kappa shape index (κ3) is 3.26. The number of nitrogens with one attached hydrogen (secondary N) is 1. The third-order valence-corrected chi connectivity index (χ3v) is 4.15. The lowest BCUT2D eigenvalue weighted by Crippen LogP contribution is -2.39. The molecule has 0 spiro atoms. The van der Waals surface area contributed by atoms with E-state index < -0.39 is 0 Å². The van der Waals surface area contributed by atoms with Crippen LogP contribution in [0.5, 0.6) is 0 Å². The van der Waals surface area contributed by atoms with Gasteiger partial charge in [-0.2, -0.15) is 5.10 Å². The van der Waals surface area contributed by atoms with Gasteiger partial charge in [0.25, 0.3) is 5.56 Å². The molecule has 1 aliphatic heterocycles. The van der Waals surface area contributed by atoms with Crippen LogP contribution in [0.25, 0.3) is 11.0 Å². The van der Waals surface area contributed by atoms with Gasteiger partial charge in [0.1, 0.15) is 11.2 Å². The highest BCUT2D eigenvalue weighted by atomic mass is 16.5. The van der Waals surface area contributed by atoms with Gasteiger partial charge in [-0.1, -0.05) is 0 Å². The van der Waals surface area contributed by atoms with E-state index in [4.69, 9.17) is 4.74 Å². The van der Waals surface area contributed by atoms with E-state index >= 15 is 0 Å².